The summed E-state index contributed by atoms with van der Waals surface area (Å²) < 4.78 is 51.2. The molecule has 222 valence electrons. The number of hydrazine groups is 1. The van der Waals surface area contributed by atoms with E-state index < -0.39 is 11.7 Å². The maximum absolute atomic E-state index is 14.3. The molecule has 0 bridgehead atoms. The van der Waals surface area contributed by atoms with Gasteiger partial charge in [0.15, 0.2) is 0 Å². The van der Waals surface area contributed by atoms with Gasteiger partial charge in [0.2, 0.25) is 0 Å². The molecule has 40 heavy (non-hydrogen) atoms. The fourth-order valence-corrected chi connectivity index (χ4v) is 7.96. The monoisotopic (exact) mass is 564 g/mol. The average Bonchev–Trinajstić information content (AvgIpc) is 3.60. The second-order valence-corrected chi connectivity index (χ2v) is 12.6. The average molecular weight is 565 g/mol. The van der Waals surface area contributed by atoms with Crippen molar-refractivity contribution in [1.29, 1.82) is 0 Å². The summed E-state index contributed by atoms with van der Waals surface area (Å²) in [5, 5.41) is 0. The number of ether oxygens (including phenoxy) is 1. The lowest BCUT2D eigenvalue weighted by molar-refractivity contribution is -0.136. The van der Waals surface area contributed by atoms with Crippen LogP contribution >= 0.6 is 0 Å². The van der Waals surface area contributed by atoms with Gasteiger partial charge >= 0.3 is 11.9 Å². The summed E-state index contributed by atoms with van der Waals surface area (Å²) in [7, 11) is 3.78. The summed E-state index contributed by atoms with van der Waals surface area (Å²) in [6, 6.07) is 1.33. The van der Waals surface area contributed by atoms with E-state index in [9.17, 15) is 18.0 Å². The van der Waals surface area contributed by atoms with E-state index >= 15 is 0 Å². The van der Waals surface area contributed by atoms with Gasteiger partial charge in [-0.1, -0.05) is 25.7 Å². The Labute approximate surface area is 233 Å². The van der Waals surface area contributed by atoms with Crippen molar-refractivity contribution < 1.29 is 17.9 Å². The maximum Gasteiger partial charge on any atom is 0.418 e. The Kier molecular flexibility index (Phi) is 8.04. The molecule has 0 aromatic carbocycles. The van der Waals surface area contributed by atoms with Crippen LogP contribution in [0.15, 0.2) is 23.3 Å². The quantitative estimate of drug-likeness (QED) is 0.501. The number of imidazole rings is 1. The highest BCUT2D eigenvalue weighted by Crippen LogP contribution is 2.47. The second kappa shape index (κ2) is 11.4. The molecule has 2 saturated carbocycles. The number of nitrogens with zero attached hydrogens (tertiary/aromatic N) is 4. The summed E-state index contributed by atoms with van der Waals surface area (Å²) in [4.78, 5) is 18.2. The molecule has 2 saturated heterocycles. The first-order chi connectivity index (χ1) is 19.2. The molecule has 2 aliphatic heterocycles. The number of alkyl halides is 3. The van der Waals surface area contributed by atoms with Crippen LogP contribution in [0.2, 0.25) is 0 Å². The van der Waals surface area contributed by atoms with Gasteiger partial charge in [-0.05, 0) is 75.1 Å². The van der Waals surface area contributed by atoms with E-state index in [1.54, 1.807) is 17.9 Å². The number of hydrogen-bond donors (Lipinski definition) is 2. The van der Waals surface area contributed by atoms with Crippen molar-refractivity contribution in [1.82, 2.24) is 29.6 Å². The molecular weight excluding hydrogens is 521 g/mol. The number of hydrogen-bond acceptors (Lipinski definition) is 6. The molecule has 11 heteroatoms. The lowest BCUT2D eigenvalue weighted by atomic mass is 9.65. The van der Waals surface area contributed by atoms with Gasteiger partial charge in [0, 0.05) is 38.1 Å². The van der Waals surface area contributed by atoms with E-state index in [2.05, 4.69) is 27.7 Å². The third-order valence-electron chi connectivity index (χ3n) is 10.1. The summed E-state index contributed by atoms with van der Waals surface area (Å²) in [6.45, 7) is 2.53. The molecule has 2 aliphatic carbocycles. The van der Waals surface area contributed by atoms with Crippen LogP contribution in [-0.4, -0.2) is 65.0 Å². The van der Waals surface area contributed by atoms with Crippen LogP contribution in [0.1, 0.15) is 75.0 Å². The van der Waals surface area contributed by atoms with Gasteiger partial charge in [0.25, 0.3) is 0 Å². The molecule has 3 unspecified atom stereocenters. The summed E-state index contributed by atoms with van der Waals surface area (Å²) >= 11 is 0. The first-order valence-corrected chi connectivity index (χ1v) is 15.0. The zero-order valence-corrected chi connectivity index (χ0v) is 23.6. The normalized spacial score (nSPS) is 29.8. The molecule has 4 fully saturated rings. The molecule has 8 nitrogen and oxygen atoms in total. The van der Waals surface area contributed by atoms with Crippen molar-refractivity contribution in [3.05, 3.63) is 40.1 Å². The van der Waals surface area contributed by atoms with E-state index in [4.69, 9.17) is 4.74 Å². The van der Waals surface area contributed by atoms with Gasteiger partial charge in [0.1, 0.15) is 0 Å². The number of aromatic nitrogens is 2. The van der Waals surface area contributed by atoms with Gasteiger partial charge in [-0.2, -0.15) is 13.2 Å². The van der Waals surface area contributed by atoms with E-state index in [0.717, 1.165) is 51.7 Å². The minimum absolute atomic E-state index is 0.0461. The molecule has 0 radical (unpaired) electrons. The van der Waals surface area contributed by atoms with Crippen LogP contribution in [0.5, 0.6) is 0 Å². The minimum atomic E-state index is -4.55. The summed E-state index contributed by atoms with van der Waals surface area (Å²) in [5.41, 5.74) is 6.13. The standard InChI is InChI=1S/C29H43F3N6O2/c1-35-18-33-34-27(35)26(20-6-3-7-20)21-8-4-9-22(13-21)37-16-25-24(29(30,31)32)12-19(15-38(25)28(37)39)14-36-11-5-10-23(36)17-40-2/h12,15-16,20-23,26-27,33-34H,3-11,13-14,17-18H2,1-2H3/t21?,22?,23-,26-,27?/m0/s1. The Bertz CT molecular complexity index is 1240. The first-order valence-electron chi connectivity index (χ1n) is 15.0. The van der Waals surface area contributed by atoms with Crippen LogP contribution in [0.4, 0.5) is 13.2 Å². The number of pyridine rings is 1. The number of nitrogens with one attached hydrogen (secondary N) is 2. The molecule has 2 N–H and O–H groups in total. The van der Waals surface area contributed by atoms with Crippen molar-refractivity contribution in [2.24, 2.45) is 17.8 Å². The number of methoxy groups -OCH3 is 1. The van der Waals surface area contributed by atoms with Crippen molar-refractivity contribution in [2.75, 3.05) is 34.0 Å². The van der Waals surface area contributed by atoms with Crippen LogP contribution < -0.4 is 16.5 Å². The first kappa shape index (κ1) is 28.2. The molecule has 0 amide bonds. The number of rotatable bonds is 8. The van der Waals surface area contributed by atoms with Crippen LogP contribution in [-0.2, 0) is 17.5 Å². The SMILES string of the molecule is COC[C@@H]1CCCN1Cc1cc(C(F)(F)F)c2cn(C3CCCC([C@H](C4CCC4)C4NNCN4C)C3)c(=O)n2c1. The number of fused-ring (bicyclic) bond motifs is 1. The zero-order valence-electron chi connectivity index (χ0n) is 23.6. The summed E-state index contributed by atoms with van der Waals surface area (Å²) in [5.74, 6) is 1.53. The summed E-state index contributed by atoms with van der Waals surface area (Å²) in [6.07, 6.45) is 8.20. The second-order valence-electron chi connectivity index (χ2n) is 12.6. The molecule has 0 spiro atoms. The lowest BCUT2D eigenvalue weighted by Gasteiger charge is -2.46. The fourth-order valence-electron chi connectivity index (χ4n) is 7.96. The van der Waals surface area contributed by atoms with Crippen molar-refractivity contribution in [3.63, 3.8) is 0 Å². The molecule has 4 heterocycles. The Morgan fingerprint density at radius 1 is 1.07 bits per heavy atom. The zero-order chi connectivity index (χ0) is 28.0. The molecule has 5 atom stereocenters. The molecule has 2 aromatic rings. The third kappa shape index (κ3) is 5.35. The maximum atomic E-state index is 14.3. The van der Waals surface area contributed by atoms with Crippen molar-refractivity contribution in [3.8, 4) is 0 Å². The van der Waals surface area contributed by atoms with Gasteiger partial charge < -0.3 is 4.74 Å². The predicted molar refractivity (Wildman–Crippen MR) is 146 cm³/mol. The Morgan fingerprint density at radius 2 is 1.85 bits per heavy atom. The van der Waals surface area contributed by atoms with Gasteiger partial charge in [-0.25, -0.2) is 15.6 Å². The van der Waals surface area contributed by atoms with Gasteiger partial charge in [-0.3, -0.25) is 18.8 Å². The number of likely N-dealkylation sites (tertiary alicyclic amines) is 1. The largest absolute Gasteiger partial charge is 0.418 e. The molecule has 4 aliphatic rings. The van der Waals surface area contributed by atoms with Crippen LogP contribution in [0.25, 0.3) is 5.52 Å². The highest BCUT2D eigenvalue weighted by atomic mass is 19.4. The van der Waals surface area contributed by atoms with E-state index in [0.29, 0.717) is 36.5 Å². The Hall–Kier alpha value is -1.92. The Balaban J connectivity index is 1.31. The predicted octanol–water partition coefficient (Wildman–Crippen LogP) is 4.20. The topological polar surface area (TPSA) is 66.2 Å². The van der Waals surface area contributed by atoms with E-state index in [1.165, 1.54) is 35.9 Å². The minimum Gasteiger partial charge on any atom is -0.383 e. The van der Waals surface area contributed by atoms with E-state index in [1.807, 2.05) is 0 Å². The van der Waals surface area contributed by atoms with Crippen LogP contribution in [0.3, 0.4) is 0 Å². The fraction of sp³-hybridized carbons (Fsp3) is 0.759. The van der Waals surface area contributed by atoms with Crippen molar-refractivity contribution >= 4 is 5.52 Å². The highest BCUT2D eigenvalue weighted by molar-refractivity contribution is 5.56. The van der Waals surface area contributed by atoms with Crippen LogP contribution in [0, 0.1) is 17.8 Å². The molecule has 6 rings (SSSR count). The third-order valence-corrected chi connectivity index (χ3v) is 10.1. The van der Waals surface area contributed by atoms with E-state index in [-0.39, 0.29) is 29.5 Å². The smallest absolute Gasteiger partial charge is 0.383 e. The van der Waals surface area contributed by atoms with Gasteiger partial charge in [-0.15, -0.1) is 0 Å². The van der Waals surface area contributed by atoms with Gasteiger partial charge in [0.05, 0.1) is 30.5 Å². The molecular formula is C29H43F3N6O2. The highest BCUT2D eigenvalue weighted by Gasteiger charge is 2.44. The Morgan fingerprint density at radius 3 is 2.52 bits per heavy atom. The lowest BCUT2D eigenvalue weighted by Crippen LogP contribution is -2.50. The van der Waals surface area contributed by atoms with Crippen molar-refractivity contribution in [2.45, 2.75) is 88.8 Å². The number of halogens is 3. The molecule has 2 aromatic heterocycles.